The van der Waals surface area contributed by atoms with Crippen LogP contribution in [0, 0.1) is 12.8 Å². The van der Waals surface area contributed by atoms with E-state index in [1.807, 2.05) is 6.92 Å². The van der Waals surface area contributed by atoms with Crippen LogP contribution in [-0.4, -0.2) is 28.7 Å². The number of hydrogen-bond acceptors (Lipinski definition) is 4. The number of aryl methyl sites for hydroxylation is 1. The Balaban J connectivity index is 1.90. The molecule has 26 heavy (non-hydrogen) atoms. The van der Waals surface area contributed by atoms with Crippen LogP contribution in [0.3, 0.4) is 0 Å². The van der Waals surface area contributed by atoms with Gasteiger partial charge in [0, 0.05) is 4.47 Å². The van der Waals surface area contributed by atoms with Crippen LogP contribution in [0.15, 0.2) is 46.9 Å². The predicted molar refractivity (Wildman–Crippen MR) is 100 cm³/mol. The van der Waals surface area contributed by atoms with Crippen molar-refractivity contribution in [1.29, 1.82) is 0 Å². The first-order valence-corrected chi connectivity index (χ1v) is 9.05. The van der Waals surface area contributed by atoms with E-state index in [0.29, 0.717) is 16.9 Å². The average molecular weight is 416 g/mol. The molecule has 0 aliphatic carbocycles. The molecule has 5 nitrogen and oxygen atoms in total. The number of carbonyl (C=O) groups excluding carboxylic acids is 3. The van der Waals surface area contributed by atoms with Gasteiger partial charge in [-0.3, -0.25) is 14.5 Å². The fourth-order valence-corrected chi connectivity index (χ4v) is 3.24. The number of fused-ring (bicyclic) bond motifs is 1. The maximum absolute atomic E-state index is 12.8. The summed E-state index contributed by atoms with van der Waals surface area (Å²) < 4.78 is 6.38. The molecule has 0 fully saturated rings. The molecule has 0 saturated carbocycles. The number of halogens is 1. The summed E-state index contributed by atoms with van der Waals surface area (Å²) in [7, 11) is 0. The zero-order valence-corrected chi connectivity index (χ0v) is 16.2. The molecule has 3 rings (SSSR count). The van der Waals surface area contributed by atoms with Crippen molar-refractivity contribution in [3.63, 3.8) is 0 Å². The van der Waals surface area contributed by atoms with Crippen LogP contribution in [0.2, 0.25) is 0 Å². The lowest BCUT2D eigenvalue weighted by Crippen LogP contribution is -2.49. The third-order valence-electron chi connectivity index (χ3n) is 4.32. The SMILES string of the molecule is Cc1cc(OC(=O)C(C(C)C)N2C(=O)c3ccccc3C2=O)ccc1Br. The van der Waals surface area contributed by atoms with Crippen molar-refractivity contribution >= 4 is 33.7 Å². The standard InChI is InChI=1S/C20H18BrNO4/c1-11(2)17(20(25)26-13-8-9-16(21)12(3)10-13)22-18(23)14-6-4-5-7-15(14)19(22)24/h4-11,17H,1-3H3. The predicted octanol–water partition coefficient (Wildman–Crippen LogP) is 3.98. The van der Waals surface area contributed by atoms with Gasteiger partial charge in [-0.1, -0.05) is 41.9 Å². The highest BCUT2D eigenvalue weighted by molar-refractivity contribution is 9.10. The molecule has 2 aromatic rings. The van der Waals surface area contributed by atoms with E-state index in [2.05, 4.69) is 15.9 Å². The Bertz CT molecular complexity index is 871. The van der Waals surface area contributed by atoms with E-state index in [1.165, 1.54) is 0 Å². The van der Waals surface area contributed by atoms with Crippen LogP contribution in [0.4, 0.5) is 0 Å². The second-order valence-electron chi connectivity index (χ2n) is 6.55. The largest absolute Gasteiger partial charge is 0.425 e. The van der Waals surface area contributed by atoms with Gasteiger partial charge in [0.15, 0.2) is 0 Å². The van der Waals surface area contributed by atoms with E-state index in [0.717, 1.165) is 14.9 Å². The summed E-state index contributed by atoms with van der Waals surface area (Å²) in [4.78, 5) is 39.2. The first-order chi connectivity index (χ1) is 12.3. The molecule has 0 spiro atoms. The van der Waals surface area contributed by atoms with Crippen LogP contribution in [0.1, 0.15) is 40.1 Å². The quantitative estimate of drug-likeness (QED) is 0.430. The Morgan fingerprint density at radius 1 is 1.04 bits per heavy atom. The Hall–Kier alpha value is -2.47. The van der Waals surface area contributed by atoms with Crippen LogP contribution < -0.4 is 4.74 Å². The zero-order chi connectivity index (χ0) is 19.0. The molecule has 1 aliphatic heterocycles. The Labute approximate surface area is 160 Å². The number of esters is 1. The maximum atomic E-state index is 12.8. The van der Waals surface area contributed by atoms with Gasteiger partial charge in [-0.2, -0.15) is 0 Å². The fraction of sp³-hybridized carbons (Fsp3) is 0.250. The zero-order valence-electron chi connectivity index (χ0n) is 14.7. The van der Waals surface area contributed by atoms with Crippen LogP contribution in [0.5, 0.6) is 5.75 Å². The molecular weight excluding hydrogens is 398 g/mol. The minimum Gasteiger partial charge on any atom is -0.425 e. The fourth-order valence-electron chi connectivity index (χ4n) is 2.99. The monoisotopic (exact) mass is 415 g/mol. The lowest BCUT2D eigenvalue weighted by atomic mass is 10.0. The maximum Gasteiger partial charge on any atom is 0.335 e. The lowest BCUT2D eigenvalue weighted by Gasteiger charge is -2.27. The molecule has 1 unspecified atom stereocenters. The first-order valence-electron chi connectivity index (χ1n) is 8.26. The Morgan fingerprint density at radius 3 is 2.12 bits per heavy atom. The van der Waals surface area contributed by atoms with E-state index in [-0.39, 0.29) is 5.92 Å². The minimum atomic E-state index is -0.994. The molecule has 6 heteroatoms. The Kier molecular flexibility index (Phi) is 4.96. The summed E-state index contributed by atoms with van der Waals surface area (Å²) in [5, 5.41) is 0. The average Bonchev–Trinajstić information content (AvgIpc) is 2.84. The van der Waals surface area contributed by atoms with Crippen LogP contribution >= 0.6 is 15.9 Å². The number of benzene rings is 2. The molecule has 134 valence electrons. The minimum absolute atomic E-state index is 0.291. The summed E-state index contributed by atoms with van der Waals surface area (Å²) in [6, 6.07) is 10.8. The van der Waals surface area contributed by atoms with Gasteiger partial charge >= 0.3 is 5.97 Å². The molecule has 2 amide bonds. The van der Waals surface area contributed by atoms with Crippen molar-refractivity contribution in [2.45, 2.75) is 26.8 Å². The van der Waals surface area contributed by atoms with Gasteiger partial charge < -0.3 is 4.74 Å². The van der Waals surface area contributed by atoms with Gasteiger partial charge in [-0.15, -0.1) is 0 Å². The summed E-state index contributed by atoms with van der Waals surface area (Å²) in [6.07, 6.45) is 0. The molecule has 0 saturated heterocycles. The third-order valence-corrected chi connectivity index (χ3v) is 5.21. The van der Waals surface area contributed by atoms with Gasteiger partial charge in [-0.25, -0.2) is 4.79 Å². The number of hydrogen-bond donors (Lipinski definition) is 0. The van der Waals surface area contributed by atoms with Crippen molar-refractivity contribution in [3.8, 4) is 5.75 Å². The van der Waals surface area contributed by atoms with Crippen LogP contribution in [0.25, 0.3) is 0 Å². The number of rotatable bonds is 4. The van der Waals surface area contributed by atoms with Crippen molar-refractivity contribution in [3.05, 3.63) is 63.6 Å². The molecule has 0 N–H and O–H groups in total. The Morgan fingerprint density at radius 2 is 1.62 bits per heavy atom. The molecular formula is C20H18BrNO4. The number of carbonyl (C=O) groups is 3. The van der Waals surface area contributed by atoms with E-state index in [1.54, 1.807) is 56.3 Å². The number of amides is 2. The van der Waals surface area contributed by atoms with E-state index in [9.17, 15) is 14.4 Å². The van der Waals surface area contributed by atoms with Crippen LogP contribution in [-0.2, 0) is 4.79 Å². The highest BCUT2D eigenvalue weighted by Gasteiger charge is 2.44. The summed E-state index contributed by atoms with van der Waals surface area (Å²) in [5.41, 5.74) is 1.54. The number of imide groups is 1. The highest BCUT2D eigenvalue weighted by atomic mass is 79.9. The molecule has 1 aliphatic rings. The van der Waals surface area contributed by atoms with E-state index in [4.69, 9.17) is 4.74 Å². The van der Waals surface area contributed by atoms with Gasteiger partial charge in [0.25, 0.3) is 11.8 Å². The molecule has 0 aromatic heterocycles. The van der Waals surface area contributed by atoms with E-state index < -0.39 is 23.8 Å². The van der Waals surface area contributed by atoms with Gasteiger partial charge in [-0.05, 0) is 48.7 Å². The van der Waals surface area contributed by atoms with E-state index >= 15 is 0 Å². The molecule has 1 heterocycles. The summed E-state index contributed by atoms with van der Waals surface area (Å²) in [6.45, 7) is 5.44. The third kappa shape index (κ3) is 3.17. The van der Waals surface area contributed by atoms with Crippen molar-refractivity contribution in [2.24, 2.45) is 5.92 Å². The lowest BCUT2D eigenvalue weighted by molar-refractivity contribution is -0.140. The van der Waals surface area contributed by atoms with Gasteiger partial charge in [0.2, 0.25) is 0 Å². The van der Waals surface area contributed by atoms with Gasteiger partial charge in [0.05, 0.1) is 11.1 Å². The second kappa shape index (κ2) is 7.03. The van der Waals surface area contributed by atoms with Crippen molar-refractivity contribution < 1.29 is 19.1 Å². The first kappa shape index (κ1) is 18.3. The van der Waals surface area contributed by atoms with Gasteiger partial charge in [0.1, 0.15) is 11.8 Å². The smallest absolute Gasteiger partial charge is 0.335 e. The molecule has 1 atom stereocenters. The molecule has 2 aromatic carbocycles. The number of nitrogens with zero attached hydrogens (tertiary/aromatic N) is 1. The van der Waals surface area contributed by atoms with Crippen molar-refractivity contribution in [2.75, 3.05) is 0 Å². The van der Waals surface area contributed by atoms with Crippen molar-refractivity contribution in [1.82, 2.24) is 4.90 Å². The normalized spacial score (nSPS) is 14.6. The summed E-state index contributed by atoms with van der Waals surface area (Å²) in [5.74, 6) is -1.48. The topological polar surface area (TPSA) is 63.7 Å². The molecule has 0 radical (unpaired) electrons. The molecule has 0 bridgehead atoms. The number of ether oxygens (including phenoxy) is 1. The second-order valence-corrected chi connectivity index (χ2v) is 7.40. The summed E-state index contributed by atoms with van der Waals surface area (Å²) >= 11 is 3.40. The highest BCUT2D eigenvalue weighted by Crippen LogP contribution is 2.28.